The SMILES string of the molecule is COCCCS(=O)(=O)Nc1ccc(C(=O)O)cn1. The van der Waals surface area contributed by atoms with Crippen LogP contribution in [0.15, 0.2) is 18.3 Å². The zero-order valence-corrected chi connectivity index (χ0v) is 10.6. The lowest BCUT2D eigenvalue weighted by Crippen LogP contribution is -2.18. The highest BCUT2D eigenvalue weighted by Crippen LogP contribution is 2.08. The van der Waals surface area contributed by atoms with Gasteiger partial charge in [0.2, 0.25) is 10.0 Å². The number of aromatic carboxylic acids is 1. The van der Waals surface area contributed by atoms with Crippen LogP contribution in [-0.2, 0) is 14.8 Å². The van der Waals surface area contributed by atoms with E-state index in [1.807, 2.05) is 0 Å². The van der Waals surface area contributed by atoms with Gasteiger partial charge in [0.25, 0.3) is 0 Å². The summed E-state index contributed by atoms with van der Waals surface area (Å²) < 4.78 is 30.2. The molecular formula is C10H14N2O5S. The molecule has 0 aliphatic heterocycles. The van der Waals surface area contributed by atoms with Crippen molar-refractivity contribution < 1.29 is 23.1 Å². The molecule has 1 aromatic heterocycles. The molecule has 0 aliphatic rings. The minimum Gasteiger partial charge on any atom is -0.478 e. The average Bonchev–Trinajstić information content (AvgIpc) is 2.29. The number of rotatable bonds is 7. The topological polar surface area (TPSA) is 106 Å². The van der Waals surface area contributed by atoms with Crippen molar-refractivity contribution in [3.8, 4) is 0 Å². The summed E-state index contributed by atoms with van der Waals surface area (Å²) in [7, 11) is -1.99. The second kappa shape index (κ2) is 6.31. The van der Waals surface area contributed by atoms with E-state index >= 15 is 0 Å². The molecule has 0 amide bonds. The Bertz CT molecular complexity index is 498. The quantitative estimate of drug-likeness (QED) is 0.704. The molecular weight excluding hydrogens is 260 g/mol. The van der Waals surface area contributed by atoms with Gasteiger partial charge in [-0.15, -0.1) is 0 Å². The summed E-state index contributed by atoms with van der Waals surface area (Å²) >= 11 is 0. The Balaban J connectivity index is 2.63. The minimum atomic E-state index is -3.48. The lowest BCUT2D eigenvalue weighted by atomic mass is 10.3. The average molecular weight is 274 g/mol. The van der Waals surface area contributed by atoms with E-state index in [9.17, 15) is 13.2 Å². The van der Waals surface area contributed by atoms with Crippen LogP contribution in [0.2, 0.25) is 0 Å². The molecule has 0 aromatic carbocycles. The van der Waals surface area contributed by atoms with Crippen LogP contribution in [-0.4, -0.2) is 43.9 Å². The van der Waals surface area contributed by atoms with Crippen molar-refractivity contribution in [3.63, 3.8) is 0 Å². The zero-order chi connectivity index (χ0) is 13.6. The van der Waals surface area contributed by atoms with Crippen LogP contribution < -0.4 is 4.72 Å². The van der Waals surface area contributed by atoms with Gasteiger partial charge >= 0.3 is 5.97 Å². The largest absolute Gasteiger partial charge is 0.478 e. The molecule has 0 saturated heterocycles. The number of carbonyl (C=O) groups is 1. The Morgan fingerprint density at radius 2 is 2.22 bits per heavy atom. The Morgan fingerprint density at radius 3 is 2.72 bits per heavy atom. The van der Waals surface area contributed by atoms with Gasteiger partial charge in [0.15, 0.2) is 0 Å². The third kappa shape index (κ3) is 4.68. The third-order valence-electron chi connectivity index (χ3n) is 2.03. The molecule has 0 unspecified atom stereocenters. The van der Waals surface area contributed by atoms with Crippen LogP contribution in [0.25, 0.3) is 0 Å². The van der Waals surface area contributed by atoms with Crippen molar-refractivity contribution in [1.29, 1.82) is 0 Å². The van der Waals surface area contributed by atoms with Crippen molar-refractivity contribution in [2.75, 3.05) is 24.2 Å². The predicted molar refractivity (Wildman–Crippen MR) is 65.1 cm³/mol. The molecule has 0 bridgehead atoms. The monoisotopic (exact) mass is 274 g/mol. The summed E-state index contributed by atoms with van der Waals surface area (Å²) in [5.41, 5.74) is -0.00247. The fourth-order valence-electron chi connectivity index (χ4n) is 1.18. The number of methoxy groups -OCH3 is 1. The van der Waals surface area contributed by atoms with E-state index in [0.717, 1.165) is 6.20 Å². The number of ether oxygens (including phenoxy) is 1. The highest BCUT2D eigenvalue weighted by molar-refractivity contribution is 7.92. The van der Waals surface area contributed by atoms with Gasteiger partial charge in [0.1, 0.15) is 5.82 Å². The second-order valence-electron chi connectivity index (χ2n) is 3.50. The number of carboxylic acids is 1. The van der Waals surface area contributed by atoms with E-state index in [0.29, 0.717) is 13.0 Å². The van der Waals surface area contributed by atoms with Crippen LogP contribution in [0.3, 0.4) is 0 Å². The zero-order valence-electron chi connectivity index (χ0n) is 9.79. The fraction of sp³-hybridized carbons (Fsp3) is 0.400. The van der Waals surface area contributed by atoms with Gasteiger partial charge in [-0.2, -0.15) is 0 Å². The van der Waals surface area contributed by atoms with Crippen molar-refractivity contribution in [2.45, 2.75) is 6.42 Å². The number of hydrogen-bond acceptors (Lipinski definition) is 5. The lowest BCUT2D eigenvalue weighted by molar-refractivity contribution is 0.0696. The van der Waals surface area contributed by atoms with Gasteiger partial charge in [0, 0.05) is 19.9 Å². The number of nitrogens with one attached hydrogen (secondary N) is 1. The molecule has 0 fully saturated rings. The number of hydrogen-bond donors (Lipinski definition) is 2. The smallest absolute Gasteiger partial charge is 0.337 e. The van der Waals surface area contributed by atoms with Crippen molar-refractivity contribution >= 4 is 21.8 Å². The lowest BCUT2D eigenvalue weighted by Gasteiger charge is -2.06. The molecule has 0 spiro atoms. The maximum atomic E-state index is 11.6. The van der Waals surface area contributed by atoms with E-state index < -0.39 is 16.0 Å². The molecule has 1 rings (SSSR count). The molecule has 18 heavy (non-hydrogen) atoms. The second-order valence-corrected chi connectivity index (χ2v) is 5.35. The van der Waals surface area contributed by atoms with Crippen LogP contribution in [0.4, 0.5) is 5.82 Å². The number of carboxylic acid groups (broad SMARTS) is 1. The summed E-state index contributed by atoms with van der Waals surface area (Å²) in [6.45, 7) is 0.353. The number of nitrogens with zero attached hydrogens (tertiary/aromatic N) is 1. The summed E-state index contributed by atoms with van der Waals surface area (Å²) in [5.74, 6) is -1.10. The van der Waals surface area contributed by atoms with Crippen LogP contribution in [0, 0.1) is 0 Å². The first-order valence-corrected chi connectivity index (χ1v) is 6.78. The van der Waals surface area contributed by atoms with Crippen LogP contribution >= 0.6 is 0 Å². The summed E-state index contributed by atoms with van der Waals surface area (Å²) in [6, 6.07) is 2.58. The van der Waals surface area contributed by atoms with Gasteiger partial charge < -0.3 is 9.84 Å². The number of pyridine rings is 1. The highest BCUT2D eigenvalue weighted by Gasteiger charge is 2.11. The van der Waals surface area contributed by atoms with E-state index in [4.69, 9.17) is 9.84 Å². The maximum Gasteiger partial charge on any atom is 0.337 e. The summed E-state index contributed by atoms with van der Waals surface area (Å²) in [6.07, 6.45) is 1.47. The molecule has 7 nitrogen and oxygen atoms in total. The van der Waals surface area contributed by atoms with Gasteiger partial charge in [-0.3, -0.25) is 4.72 Å². The Kier molecular flexibility index (Phi) is 5.05. The number of anilines is 1. The first-order valence-electron chi connectivity index (χ1n) is 5.13. The van der Waals surface area contributed by atoms with E-state index in [-0.39, 0.29) is 17.1 Å². The molecule has 0 saturated carbocycles. The van der Waals surface area contributed by atoms with Gasteiger partial charge in [-0.1, -0.05) is 0 Å². The first-order chi connectivity index (χ1) is 8.44. The van der Waals surface area contributed by atoms with Crippen molar-refractivity contribution in [3.05, 3.63) is 23.9 Å². The van der Waals surface area contributed by atoms with Crippen molar-refractivity contribution in [1.82, 2.24) is 4.98 Å². The first kappa shape index (κ1) is 14.4. The molecule has 8 heteroatoms. The van der Waals surface area contributed by atoms with E-state index in [1.165, 1.54) is 19.2 Å². The molecule has 0 atom stereocenters. The van der Waals surface area contributed by atoms with Gasteiger partial charge in [0.05, 0.1) is 11.3 Å². The molecule has 1 heterocycles. The van der Waals surface area contributed by atoms with Gasteiger partial charge in [-0.05, 0) is 18.6 Å². The van der Waals surface area contributed by atoms with Crippen LogP contribution in [0.1, 0.15) is 16.8 Å². The normalized spacial score (nSPS) is 11.2. The molecule has 0 aliphatic carbocycles. The Morgan fingerprint density at radius 1 is 1.50 bits per heavy atom. The van der Waals surface area contributed by atoms with Gasteiger partial charge in [-0.25, -0.2) is 18.2 Å². The molecule has 1 aromatic rings. The fourth-order valence-corrected chi connectivity index (χ4v) is 2.22. The Hall–Kier alpha value is -1.67. The summed E-state index contributed by atoms with van der Waals surface area (Å²) in [4.78, 5) is 14.3. The molecule has 0 radical (unpaired) electrons. The number of aromatic nitrogens is 1. The van der Waals surface area contributed by atoms with E-state index in [1.54, 1.807) is 0 Å². The predicted octanol–water partition coefficient (Wildman–Crippen LogP) is 0.558. The molecule has 100 valence electrons. The summed E-state index contributed by atoms with van der Waals surface area (Å²) in [5, 5.41) is 8.66. The van der Waals surface area contributed by atoms with Crippen LogP contribution in [0.5, 0.6) is 0 Å². The number of sulfonamides is 1. The maximum absolute atomic E-state index is 11.6. The van der Waals surface area contributed by atoms with E-state index in [2.05, 4.69) is 9.71 Å². The molecule has 2 N–H and O–H groups in total. The highest BCUT2D eigenvalue weighted by atomic mass is 32.2. The van der Waals surface area contributed by atoms with Crippen molar-refractivity contribution in [2.24, 2.45) is 0 Å². The standard InChI is InChI=1S/C10H14N2O5S/c1-17-5-2-6-18(15,16)12-9-4-3-8(7-11-9)10(13)14/h3-4,7H,2,5-6H2,1H3,(H,11,12)(H,13,14). The third-order valence-corrected chi connectivity index (χ3v) is 3.38. The minimum absolute atomic E-state index is 0.00247. The Labute approximate surface area is 105 Å².